The zero-order valence-electron chi connectivity index (χ0n) is 14.9. The molecule has 0 radical (unpaired) electrons. The van der Waals surface area contributed by atoms with Crippen LogP contribution in [0.15, 0.2) is 48.5 Å². The SMILES string of the molecule is O=C(NC1NCCC2CCCCC21)c1ccccc1-c1cccc(O)c1. The van der Waals surface area contributed by atoms with Gasteiger partial charge in [0.05, 0.1) is 6.17 Å². The second-order valence-electron chi connectivity index (χ2n) is 7.50. The van der Waals surface area contributed by atoms with Crippen LogP contribution in [0.3, 0.4) is 0 Å². The maximum Gasteiger partial charge on any atom is 0.253 e. The summed E-state index contributed by atoms with van der Waals surface area (Å²) in [7, 11) is 0. The molecule has 1 amide bonds. The lowest BCUT2D eigenvalue weighted by atomic mass is 9.74. The van der Waals surface area contributed by atoms with Crippen LogP contribution < -0.4 is 10.6 Å². The number of benzene rings is 2. The molecule has 3 atom stereocenters. The predicted octanol–water partition coefficient (Wildman–Crippen LogP) is 3.91. The fourth-order valence-corrected chi connectivity index (χ4v) is 4.59. The molecule has 4 rings (SSSR count). The van der Waals surface area contributed by atoms with E-state index in [2.05, 4.69) is 10.6 Å². The number of fused-ring (bicyclic) bond motifs is 1. The van der Waals surface area contributed by atoms with E-state index in [9.17, 15) is 9.90 Å². The van der Waals surface area contributed by atoms with Crippen molar-refractivity contribution in [1.29, 1.82) is 0 Å². The lowest BCUT2D eigenvalue weighted by Gasteiger charge is -2.42. The Morgan fingerprint density at radius 2 is 1.88 bits per heavy atom. The largest absolute Gasteiger partial charge is 0.508 e. The summed E-state index contributed by atoms with van der Waals surface area (Å²) in [6.45, 7) is 0.973. The first-order valence-electron chi connectivity index (χ1n) is 9.65. The molecule has 0 aromatic heterocycles. The molecule has 2 fully saturated rings. The molecule has 1 saturated heterocycles. The average Bonchev–Trinajstić information content (AvgIpc) is 2.68. The summed E-state index contributed by atoms with van der Waals surface area (Å²) in [5.41, 5.74) is 2.35. The van der Waals surface area contributed by atoms with E-state index in [0.29, 0.717) is 11.5 Å². The van der Waals surface area contributed by atoms with Gasteiger partial charge >= 0.3 is 0 Å². The van der Waals surface area contributed by atoms with Gasteiger partial charge in [-0.25, -0.2) is 0 Å². The monoisotopic (exact) mass is 350 g/mol. The van der Waals surface area contributed by atoms with Crippen LogP contribution in [0, 0.1) is 11.8 Å². The van der Waals surface area contributed by atoms with E-state index < -0.39 is 0 Å². The predicted molar refractivity (Wildman–Crippen MR) is 103 cm³/mol. The number of carbonyl (C=O) groups excluding carboxylic acids is 1. The molecule has 4 nitrogen and oxygen atoms in total. The van der Waals surface area contributed by atoms with Gasteiger partial charge in [-0.15, -0.1) is 0 Å². The van der Waals surface area contributed by atoms with Gasteiger partial charge in [-0.05, 0) is 60.5 Å². The number of carbonyl (C=O) groups is 1. The van der Waals surface area contributed by atoms with Crippen LogP contribution in [0.1, 0.15) is 42.5 Å². The number of rotatable bonds is 3. The van der Waals surface area contributed by atoms with Crippen molar-refractivity contribution in [3.8, 4) is 16.9 Å². The molecule has 4 heteroatoms. The fourth-order valence-electron chi connectivity index (χ4n) is 4.59. The third kappa shape index (κ3) is 3.47. The van der Waals surface area contributed by atoms with Gasteiger partial charge in [-0.1, -0.05) is 49.6 Å². The molecule has 0 bridgehead atoms. The van der Waals surface area contributed by atoms with Crippen LogP contribution in [-0.4, -0.2) is 23.7 Å². The summed E-state index contributed by atoms with van der Waals surface area (Å²) in [5, 5.41) is 16.5. The second kappa shape index (κ2) is 7.50. The zero-order chi connectivity index (χ0) is 17.9. The minimum Gasteiger partial charge on any atom is -0.508 e. The van der Waals surface area contributed by atoms with Gasteiger partial charge < -0.3 is 10.4 Å². The quantitative estimate of drug-likeness (QED) is 0.786. The Balaban J connectivity index is 1.57. The van der Waals surface area contributed by atoms with Crippen molar-refractivity contribution in [2.24, 2.45) is 11.8 Å². The van der Waals surface area contributed by atoms with Crippen LogP contribution in [-0.2, 0) is 0 Å². The summed E-state index contributed by atoms with van der Waals surface area (Å²) in [6.07, 6.45) is 6.34. The van der Waals surface area contributed by atoms with E-state index in [4.69, 9.17) is 0 Å². The van der Waals surface area contributed by atoms with Gasteiger partial charge in [0.1, 0.15) is 5.75 Å². The fraction of sp³-hybridized carbons (Fsp3) is 0.409. The maximum atomic E-state index is 13.1. The highest BCUT2D eigenvalue weighted by molar-refractivity contribution is 6.01. The van der Waals surface area contributed by atoms with Crippen LogP contribution >= 0.6 is 0 Å². The number of piperidine rings is 1. The van der Waals surface area contributed by atoms with Crippen molar-refractivity contribution >= 4 is 5.91 Å². The average molecular weight is 350 g/mol. The van der Waals surface area contributed by atoms with Gasteiger partial charge in [-0.3, -0.25) is 10.1 Å². The van der Waals surface area contributed by atoms with Gasteiger partial charge in [0, 0.05) is 5.56 Å². The minimum atomic E-state index is -0.0485. The molecular formula is C22H26N2O2. The summed E-state index contributed by atoms with van der Waals surface area (Å²) in [5.74, 6) is 1.43. The summed E-state index contributed by atoms with van der Waals surface area (Å²) < 4.78 is 0. The third-order valence-corrected chi connectivity index (χ3v) is 5.89. The Hall–Kier alpha value is -2.33. The topological polar surface area (TPSA) is 61.4 Å². The van der Waals surface area contributed by atoms with E-state index >= 15 is 0 Å². The highest BCUT2D eigenvalue weighted by atomic mass is 16.3. The Bertz CT molecular complexity index is 787. The summed E-state index contributed by atoms with van der Waals surface area (Å²) in [6, 6.07) is 14.7. The molecule has 1 aliphatic heterocycles. The molecule has 136 valence electrons. The Morgan fingerprint density at radius 1 is 1.04 bits per heavy atom. The van der Waals surface area contributed by atoms with Crippen molar-refractivity contribution < 1.29 is 9.90 Å². The number of phenols is 1. The first-order valence-corrected chi connectivity index (χ1v) is 9.65. The lowest BCUT2D eigenvalue weighted by molar-refractivity contribution is 0.0790. The molecule has 0 spiro atoms. The molecule has 3 N–H and O–H groups in total. The van der Waals surface area contributed by atoms with Crippen LogP contribution in [0.5, 0.6) is 5.75 Å². The zero-order valence-corrected chi connectivity index (χ0v) is 14.9. The third-order valence-electron chi connectivity index (χ3n) is 5.89. The highest BCUT2D eigenvalue weighted by Gasteiger charge is 2.35. The molecule has 1 heterocycles. The maximum absolute atomic E-state index is 13.1. The summed E-state index contributed by atoms with van der Waals surface area (Å²) in [4.78, 5) is 13.1. The molecule has 2 aliphatic rings. The van der Waals surface area contributed by atoms with Gasteiger partial charge in [0.15, 0.2) is 0 Å². The van der Waals surface area contributed by atoms with Crippen molar-refractivity contribution in [2.75, 3.05) is 6.54 Å². The van der Waals surface area contributed by atoms with E-state index in [1.807, 2.05) is 30.3 Å². The van der Waals surface area contributed by atoms with E-state index in [-0.39, 0.29) is 17.8 Å². The number of nitrogens with one attached hydrogen (secondary N) is 2. The number of phenolic OH excluding ortho intramolecular Hbond substituents is 1. The van der Waals surface area contributed by atoms with Crippen LogP contribution in [0.25, 0.3) is 11.1 Å². The molecular weight excluding hydrogens is 324 g/mol. The highest BCUT2D eigenvalue weighted by Crippen LogP contribution is 2.36. The smallest absolute Gasteiger partial charge is 0.253 e. The van der Waals surface area contributed by atoms with Crippen molar-refractivity contribution in [2.45, 2.75) is 38.3 Å². The summed E-state index contributed by atoms with van der Waals surface area (Å²) >= 11 is 0. The number of amides is 1. The normalized spacial score (nSPS) is 25.3. The van der Waals surface area contributed by atoms with Gasteiger partial charge in [0.2, 0.25) is 0 Å². The number of hydrogen-bond acceptors (Lipinski definition) is 3. The Morgan fingerprint density at radius 3 is 2.77 bits per heavy atom. The lowest BCUT2D eigenvalue weighted by Crippen LogP contribution is -2.56. The molecule has 2 aromatic rings. The van der Waals surface area contributed by atoms with Crippen LogP contribution in [0.2, 0.25) is 0 Å². The number of aromatic hydroxyl groups is 1. The molecule has 26 heavy (non-hydrogen) atoms. The number of hydrogen-bond donors (Lipinski definition) is 3. The standard InChI is InChI=1S/C22H26N2O2/c25-17-8-5-7-16(14-17)18-9-3-4-11-20(18)22(26)24-21-19-10-2-1-6-15(19)12-13-23-21/h3-5,7-9,11,14-15,19,21,23,25H,1-2,6,10,12-13H2,(H,24,26). The first-order chi connectivity index (χ1) is 12.7. The van der Waals surface area contributed by atoms with Gasteiger partial charge in [0.25, 0.3) is 5.91 Å². The minimum absolute atomic E-state index is 0.0485. The van der Waals surface area contributed by atoms with Crippen molar-refractivity contribution in [3.05, 3.63) is 54.1 Å². The van der Waals surface area contributed by atoms with E-state index in [0.717, 1.165) is 23.6 Å². The molecule has 1 aliphatic carbocycles. The van der Waals surface area contributed by atoms with Crippen LogP contribution in [0.4, 0.5) is 0 Å². The molecule has 2 aromatic carbocycles. The molecule has 1 saturated carbocycles. The van der Waals surface area contributed by atoms with Crippen molar-refractivity contribution in [1.82, 2.24) is 10.6 Å². The van der Waals surface area contributed by atoms with E-state index in [1.165, 1.54) is 32.1 Å². The van der Waals surface area contributed by atoms with E-state index in [1.54, 1.807) is 18.2 Å². The Labute approximate surface area is 154 Å². The van der Waals surface area contributed by atoms with Crippen molar-refractivity contribution in [3.63, 3.8) is 0 Å². The first kappa shape index (κ1) is 17.1. The molecule has 3 unspecified atom stereocenters. The second-order valence-corrected chi connectivity index (χ2v) is 7.50. The van der Waals surface area contributed by atoms with Gasteiger partial charge in [-0.2, -0.15) is 0 Å². The Kier molecular flexibility index (Phi) is 4.93.